The number of nitrogens with zero attached hydrogens (tertiary/aromatic N) is 1. The van der Waals surface area contributed by atoms with Crippen molar-refractivity contribution in [2.24, 2.45) is 0 Å². The molecular weight excluding hydrogens is 216 g/mol. The molecule has 0 radical (unpaired) electrons. The average Bonchev–Trinajstić information content (AvgIpc) is 2.66. The number of fused-ring (bicyclic) bond motifs is 2. The van der Waals surface area contributed by atoms with Crippen LogP contribution in [0.15, 0.2) is 30.3 Å². The maximum atomic E-state index is 11.6. The van der Waals surface area contributed by atoms with Gasteiger partial charge < -0.3 is 10.1 Å². The minimum atomic E-state index is -0.0612. The number of amides is 2. The first-order valence-electron chi connectivity index (χ1n) is 6.05. The monoisotopic (exact) mass is 232 g/mol. The number of piperidine rings is 1. The largest absolute Gasteiger partial charge is 0.354 e. The van der Waals surface area contributed by atoms with E-state index in [0.717, 1.165) is 24.9 Å². The summed E-state index contributed by atoms with van der Waals surface area (Å²) in [6, 6.07) is 10.4. The molecule has 2 heterocycles. The number of carbonyl (C=O) groups is 1. The molecule has 0 aromatic heterocycles. The van der Waals surface area contributed by atoms with Crippen molar-refractivity contribution in [2.45, 2.75) is 31.7 Å². The second kappa shape index (κ2) is 4.37. The fourth-order valence-electron chi connectivity index (χ4n) is 2.47. The van der Waals surface area contributed by atoms with Crippen LogP contribution in [0.2, 0.25) is 0 Å². The first kappa shape index (κ1) is 10.6. The molecule has 1 aromatic carbocycles. The van der Waals surface area contributed by atoms with Crippen LogP contribution in [0.25, 0.3) is 0 Å². The summed E-state index contributed by atoms with van der Waals surface area (Å²) in [7, 11) is 0. The normalized spacial score (nSPS) is 27.1. The lowest BCUT2D eigenvalue weighted by molar-refractivity contribution is -0.0569. The second-order valence-corrected chi connectivity index (χ2v) is 4.63. The molecule has 2 fully saturated rings. The van der Waals surface area contributed by atoms with Crippen molar-refractivity contribution in [2.75, 3.05) is 6.54 Å². The zero-order valence-electron chi connectivity index (χ0n) is 9.63. The Morgan fingerprint density at radius 3 is 2.94 bits per heavy atom. The third-order valence-corrected chi connectivity index (χ3v) is 3.40. The molecule has 4 nitrogen and oxygen atoms in total. The van der Waals surface area contributed by atoms with Crippen LogP contribution in [0.4, 0.5) is 4.79 Å². The number of nitrogens with one attached hydrogen (secondary N) is 1. The Bertz CT molecular complexity index is 407. The van der Waals surface area contributed by atoms with Crippen LogP contribution < -0.4 is 5.32 Å². The van der Waals surface area contributed by atoms with Crippen LogP contribution in [0, 0.1) is 0 Å². The third kappa shape index (κ3) is 2.13. The van der Waals surface area contributed by atoms with Crippen molar-refractivity contribution in [3.63, 3.8) is 0 Å². The fourth-order valence-corrected chi connectivity index (χ4v) is 2.47. The minimum Gasteiger partial charge on any atom is -0.354 e. The van der Waals surface area contributed by atoms with Crippen LogP contribution in [-0.4, -0.2) is 29.7 Å². The van der Waals surface area contributed by atoms with Gasteiger partial charge in [0.25, 0.3) is 0 Å². The molecule has 1 N–H and O–H groups in total. The zero-order chi connectivity index (χ0) is 11.7. The summed E-state index contributed by atoms with van der Waals surface area (Å²) in [6.07, 6.45) is 1.88. The molecule has 4 heteroatoms. The van der Waals surface area contributed by atoms with E-state index in [9.17, 15) is 4.79 Å². The van der Waals surface area contributed by atoms with Gasteiger partial charge in [-0.1, -0.05) is 30.3 Å². The Morgan fingerprint density at radius 1 is 1.29 bits per heavy atom. The average molecular weight is 232 g/mol. The SMILES string of the molecule is O=C1NC2CCC(OCc3ccccc3)N1C2. The summed E-state index contributed by atoms with van der Waals surface area (Å²) in [5.74, 6) is 0. The van der Waals surface area contributed by atoms with E-state index in [1.807, 2.05) is 30.3 Å². The summed E-state index contributed by atoms with van der Waals surface area (Å²) in [5, 5.41) is 2.95. The van der Waals surface area contributed by atoms with E-state index in [4.69, 9.17) is 4.74 Å². The molecule has 2 atom stereocenters. The van der Waals surface area contributed by atoms with Gasteiger partial charge in [0.05, 0.1) is 6.61 Å². The zero-order valence-corrected chi connectivity index (χ0v) is 9.63. The molecule has 2 saturated heterocycles. The Kier molecular flexibility index (Phi) is 2.73. The Morgan fingerprint density at radius 2 is 2.12 bits per heavy atom. The van der Waals surface area contributed by atoms with E-state index in [-0.39, 0.29) is 12.3 Å². The number of ether oxygens (including phenoxy) is 1. The summed E-state index contributed by atoms with van der Waals surface area (Å²) in [4.78, 5) is 13.4. The van der Waals surface area contributed by atoms with Crippen molar-refractivity contribution in [3.05, 3.63) is 35.9 Å². The van der Waals surface area contributed by atoms with Crippen molar-refractivity contribution >= 4 is 6.03 Å². The van der Waals surface area contributed by atoms with Gasteiger partial charge in [0.2, 0.25) is 0 Å². The quantitative estimate of drug-likeness (QED) is 0.862. The molecule has 2 unspecified atom stereocenters. The molecule has 2 aliphatic heterocycles. The number of rotatable bonds is 3. The van der Waals surface area contributed by atoms with Crippen LogP contribution in [0.3, 0.4) is 0 Å². The lowest BCUT2D eigenvalue weighted by Gasteiger charge is -2.30. The summed E-state index contributed by atoms with van der Waals surface area (Å²) < 4.78 is 5.83. The molecule has 90 valence electrons. The van der Waals surface area contributed by atoms with Gasteiger partial charge in [-0.25, -0.2) is 4.79 Å². The predicted molar refractivity (Wildman–Crippen MR) is 63.3 cm³/mol. The smallest absolute Gasteiger partial charge is 0.319 e. The summed E-state index contributed by atoms with van der Waals surface area (Å²) in [6.45, 7) is 1.36. The number of benzene rings is 1. The Labute approximate surface area is 101 Å². The van der Waals surface area contributed by atoms with Crippen LogP contribution >= 0.6 is 0 Å². The molecule has 2 bridgehead atoms. The highest BCUT2D eigenvalue weighted by Crippen LogP contribution is 2.24. The predicted octanol–water partition coefficient (Wildman–Crippen LogP) is 1.72. The van der Waals surface area contributed by atoms with Gasteiger partial charge in [-0.3, -0.25) is 4.90 Å². The van der Waals surface area contributed by atoms with Crippen molar-refractivity contribution in [3.8, 4) is 0 Å². The van der Waals surface area contributed by atoms with Crippen molar-refractivity contribution in [1.82, 2.24) is 10.2 Å². The molecule has 0 aliphatic carbocycles. The first-order valence-corrected chi connectivity index (χ1v) is 6.05. The Hall–Kier alpha value is -1.55. The van der Waals surface area contributed by atoms with E-state index < -0.39 is 0 Å². The second-order valence-electron chi connectivity index (χ2n) is 4.63. The Balaban J connectivity index is 1.60. The third-order valence-electron chi connectivity index (χ3n) is 3.40. The van der Waals surface area contributed by atoms with E-state index in [1.165, 1.54) is 0 Å². The van der Waals surface area contributed by atoms with Crippen molar-refractivity contribution < 1.29 is 9.53 Å². The standard InChI is InChI=1S/C13H16N2O2/c16-13-14-11-6-7-12(15(13)8-11)17-9-10-4-2-1-3-5-10/h1-5,11-12H,6-9H2,(H,14,16). The summed E-state index contributed by atoms with van der Waals surface area (Å²) in [5.41, 5.74) is 1.15. The number of urea groups is 1. The molecule has 0 saturated carbocycles. The first-order chi connectivity index (χ1) is 8.33. The van der Waals surface area contributed by atoms with Gasteiger partial charge in [0.15, 0.2) is 0 Å². The number of hydrogen-bond acceptors (Lipinski definition) is 2. The van der Waals surface area contributed by atoms with Gasteiger partial charge >= 0.3 is 6.03 Å². The maximum Gasteiger partial charge on any atom is 0.319 e. The van der Waals surface area contributed by atoms with Crippen LogP contribution in [-0.2, 0) is 11.3 Å². The lowest BCUT2D eigenvalue weighted by Crippen LogP contribution is -2.41. The van der Waals surface area contributed by atoms with Crippen molar-refractivity contribution in [1.29, 1.82) is 0 Å². The van der Waals surface area contributed by atoms with Gasteiger partial charge in [-0.05, 0) is 18.4 Å². The van der Waals surface area contributed by atoms with E-state index >= 15 is 0 Å². The highest BCUT2D eigenvalue weighted by atomic mass is 16.5. The molecule has 0 spiro atoms. The molecule has 1 aromatic rings. The van der Waals surface area contributed by atoms with E-state index in [0.29, 0.717) is 12.6 Å². The maximum absolute atomic E-state index is 11.6. The van der Waals surface area contributed by atoms with Gasteiger partial charge in [0, 0.05) is 12.6 Å². The van der Waals surface area contributed by atoms with Gasteiger partial charge in [0.1, 0.15) is 6.23 Å². The highest BCUT2D eigenvalue weighted by molar-refractivity contribution is 5.77. The lowest BCUT2D eigenvalue weighted by atomic mass is 10.1. The topological polar surface area (TPSA) is 41.6 Å². The fraction of sp³-hybridized carbons (Fsp3) is 0.462. The van der Waals surface area contributed by atoms with Crippen LogP contribution in [0.5, 0.6) is 0 Å². The molecule has 2 amide bonds. The molecule has 2 aliphatic rings. The van der Waals surface area contributed by atoms with E-state index in [1.54, 1.807) is 4.90 Å². The number of carbonyl (C=O) groups excluding carboxylic acids is 1. The van der Waals surface area contributed by atoms with E-state index in [2.05, 4.69) is 5.32 Å². The highest BCUT2D eigenvalue weighted by Gasteiger charge is 2.38. The molecular formula is C13H16N2O2. The summed E-state index contributed by atoms with van der Waals surface area (Å²) >= 11 is 0. The molecule has 3 rings (SSSR count). The van der Waals surface area contributed by atoms with Gasteiger partial charge in [-0.2, -0.15) is 0 Å². The molecule has 17 heavy (non-hydrogen) atoms. The minimum absolute atomic E-state index is 0.0190. The van der Waals surface area contributed by atoms with Gasteiger partial charge in [-0.15, -0.1) is 0 Å². The van der Waals surface area contributed by atoms with Crippen LogP contribution in [0.1, 0.15) is 18.4 Å². The number of hydrogen-bond donors (Lipinski definition) is 1.